The minimum absolute atomic E-state index is 0.0449. The fraction of sp³-hybridized carbons (Fsp3) is 0.444. The Morgan fingerprint density at radius 2 is 2.04 bits per heavy atom. The van der Waals surface area contributed by atoms with Gasteiger partial charge in [0.1, 0.15) is 5.76 Å². The van der Waals surface area contributed by atoms with E-state index >= 15 is 0 Å². The van der Waals surface area contributed by atoms with Crippen molar-refractivity contribution in [2.75, 3.05) is 13.6 Å². The van der Waals surface area contributed by atoms with Gasteiger partial charge in [0.2, 0.25) is 5.91 Å². The van der Waals surface area contributed by atoms with Gasteiger partial charge < -0.3 is 14.2 Å². The lowest BCUT2D eigenvalue weighted by atomic mass is 9.99. The molecule has 0 bridgehead atoms. The van der Waals surface area contributed by atoms with Crippen LogP contribution in [0.15, 0.2) is 28.8 Å². The van der Waals surface area contributed by atoms with E-state index in [1.807, 2.05) is 33.0 Å². The normalized spacial score (nSPS) is 16.9. The standard InChI is InChI=1S/C18H22N2O3/c1-12-17(13(2)23-19-12)9-18(21)20(3)10-16-8-14-6-4-5-7-15(14)11-22-16/h4-7,16H,8-11H2,1-3H3/t16-/m0/s1. The van der Waals surface area contributed by atoms with E-state index in [4.69, 9.17) is 9.26 Å². The molecule has 1 aliphatic rings. The third-order valence-corrected chi connectivity index (χ3v) is 4.45. The van der Waals surface area contributed by atoms with Gasteiger partial charge in [-0.2, -0.15) is 0 Å². The van der Waals surface area contributed by atoms with E-state index in [-0.39, 0.29) is 12.0 Å². The van der Waals surface area contributed by atoms with Crippen molar-refractivity contribution in [2.24, 2.45) is 0 Å². The molecule has 1 aliphatic heterocycles. The largest absolute Gasteiger partial charge is 0.371 e. The van der Waals surface area contributed by atoms with Crippen LogP contribution in [0.2, 0.25) is 0 Å². The summed E-state index contributed by atoms with van der Waals surface area (Å²) in [6, 6.07) is 8.31. The molecular formula is C18H22N2O3. The molecule has 5 heteroatoms. The zero-order valence-corrected chi connectivity index (χ0v) is 13.8. The van der Waals surface area contributed by atoms with Crippen LogP contribution in [0.4, 0.5) is 0 Å². The topological polar surface area (TPSA) is 55.6 Å². The summed E-state index contributed by atoms with van der Waals surface area (Å²) in [5.74, 6) is 0.772. The molecule has 23 heavy (non-hydrogen) atoms. The molecule has 5 nitrogen and oxygen atoms in total. The second-order valence-electron chi connectivity index (χ2n) is 6.16. The maximum atomic E-state index is 12.4. The number of carbonyl (C=O) groups is 1. The van der Waals surface area contributed by atoms with Gasteiger partial charge in [-0.15, -0.1) is 0 Å². The summed E-state index contributed by atoms with van der Waals surface area (Å²) in [5.41, 5.74) is 4.23. The molecule has 1 aromatic heterocycles. The Hall–Kier alpha value is -2.14. The SMILES string of the molecule is Cc1noc(C)c1CC(=O)N(C)C[C@@H]1Cc2ccccc2CO1. The molecule has 0 saturated carbocycles. The lowest BCUT2D eigenvalue weighted by Gasteiger charge is -2.29. The lowest BCUT2D eigenvalue weighted by Crippen LogP contribution is -2.39. The number of likely N-dealkylation sites (N-methyl/N-ethyl adjacent to an activating group) is 1. The number of aryl methyl sites for hydroxylation is 2. The molecular weight excluding hydrogens is 292 g/mol. The summed E-state index contributed by atoms with van der Waals surface area (Å²) in [6.07, 6.45) is 1.21. The molecule has 3 rings (SSSR count). The van der Waals surface area contributed by atoms with Crippen LogP contribution in [0.3, 0.4) is 0 Å². The van der Waals surface area contributed by atoms with Gasteiger partial charge in [0.25, 0.3) is 0 Å². The van der Waals surface area contributed by atoms with E-state index in [9.17, 15) is 4.79 Å². The van der Waals surface area contributed by atoms with Crippen LogP contribution in [0.25, 0.3) is 0 Å². The monoisotopic (exact) mass is 314 g/mol. The van der Waals surface area contributed by atoms with E-state index in [2.05, 4.69) is 17.3 Å². The molecule has 0 spiro atoms. The zero-order valence-electron chi connectivity index (χ0n) is 13.8. The fourth-order valence-corrected chi connectivity index (χ4v) is 2.97. The smallest absolute Gasteiger partial charge is 0.227 e. The third-order valence-electron chi connectivity index (χ3n) is 4.45. The Morgan fingerprint density at radius 1 is 1.30 bits per heavy atom. The fourth-order valence-electron chi connectivity index (χ4n) is 2.97. The highest BCUT2D eigenvalue weighted by Crippen LogP contribution is 2.21. The van der Waals surface area contributed by atoms with Crippen molar-refractivity contribution < 1.29 is 14.1 Å². The van der Waals surface area contributed by atoms with Gasteiger partial charge in [-0.25, -0.2) is 0 Å². The highest BCUT2D eigenvalue weighted by Gasteiger charge is 2.23. The molecule has 0 unspecified atom stereocenters. The molecule has 2 heterocycles. The van der Waals surface area contributed by atoms with Crippen molar-refractivity contribution in [1.82, 2.24) is 10.1 Å². The van der Waals surface area contributed by atoms with Gasteiger partial charge in [0, 0.05) is 25.6 Å². The van der Waals surface area contributed by atoms with Crippen LogP contribution < -0.4 is 0 Å². The summed E-state index contributed by atoms with van der Waals surface area (Å²) in [7, 11) is 1.82. The summed E-state index contributed by atoms with van der Waals surface area (Å²) in [5, 5.41) is 3.90. The predicted octanol–water partition coefficient (Wildman–Crippen LogP) is 2.43. The van der Waals surface area contributed by atoms with Crippen LogP contribution >= 0.6 is 0 Å². The van der Waals surface area contributed by atoms with Crippen LogP contribution in [-0.2, 0) is 29.0 Å². The van der Waals surface area contributed by atoms with Crippen molar-refractivity contribution in [3.05, 3.63) is 52.4 Å². The summed E-state index contributed by atoms with van der Waals surface area (Å²) in [6.45, 7) is 4.91. The number of hydrogen-bond acceptors (Lipinski definition) is 4. The molecule has 2 aromatic rings. The Labute approximate surface area is 136 Å². The van der Waals surface area contributed by atoms with E-state index in [0.29, 0.717) is 25.3 Å². The lowest BCUT2D eigenvalue weighted by molar-refractivity contribution is -0.131. The van der Waals surface area contributed by atoms with Crippen molar-refractivity contribution in [3.63, 3.8) is 0 Å². The second-order valence-corrected chi connectivity index (χ2v) is 6.16. The Morgan fingerprint density at radius 3 is 2.74 bits per heavy atom. The van der Waals surface area contributed by atoms with Gasteiger partial charge in [-0.1, -0.05) is 29.4 Å². The minimum Gasteiger partial charge on any atom is -0.371 e. The van der Waals surface area contributed by atoms with Crippen LogP contribution in [0.1, 0.15) is 28.1 Å². The van der Waals surface area contributed by atoms with E-state index < -0.39 is 0 Å². The second kappa shape index (κ2) is 6.54. The van der Waals surface area contributed by atoms with Crippen molar-refractivity contribution in [3.8, 4) is 0 Å². The molecule has 0 N–H and O–H groups in total. The average Bonchev–Trinajstić information content (AvgIpc) is 2.86. The van der Waals surface area contributed by atoms with Gasteiger partial charge in [-0.05, 0) is 25.0 Å². The number of aromatic nitrogens is 1. The molecule has 1 atom stereocenters. The highest BCUT2D eigenvalue weighted by molar-refractivity contribution is 5.79. The number of ether oxygens (including phenoxy) is 1. The van der Waals surface area contributed by atoms with E-state index in [1.54, 1.807) is 4.90 Å². The highest BCUT2D eigenvalue weighted by atomic mass is 16.5. The minimum atomic E-state index is 0.0449. The number of benzene rings is 1. The summed E-state index contributed by atoms with van der Waals surface area (Å²) in [4.78, 5) is 14.2. The maximum Gasteiger partial charge on any atom is 0.227 e. The molecule has 1 aromatic carbocycles. The van der Waals surface area contributed by atoms with E-state index in [0.717, 1.165) is 17.7 Å². The number of nitrogens with zero attached hydrogens (tertiary/aromatic N) is 2. The van der Waals surface area contributed by atoms with Crippen molar-refractivity contribution in [2.45, 2.75) is 39.4 Å². The Kier molecular flexibility index (Phi) is 4.48. The van der Waals surface area contributed by atoms with Gasteiger partial charge >= 0.3 is 0 Å². The summed E-state index contributed by atoms with van der Waals surface area (Å²) >= 11 is 0. The zero-order chi connectivity index (χ0) is 16.4. The number of amides is 1. The van der Waals surface area contributed by atoms with Gasteiger partial charge in [0.05, 0.1) is 24.8 Å². The first-order valence-corrected chi connectivity index (χ1v) is 7.88. The van der Waals surface area contributed by atoms with Gasteiger partial charge in [0.15, 0.2) is 0 Å². The first kappa shape index (κ1) is 15.7. The number of fused-ring (bicyclic) bond motifs is 1. The third kappa shape index (κ3) is 3.45. The maximum absolute atomic E-state index is 12.4. The quantitative estimate of drug-likeness (QED) is 0.870. The van der Waals surface area contributed by atoms with Crippen molar-refractivity contribution in [1.29, 1.82) is 0 Å². The molecule has 0 aliphatic carbocycles. The van der Waals surface area contributed by atoms with E-state index in [1.165, 1.54) is 11.1 Å². The first-order valence-electron chi connectivity index (χ1n) is 7.88. The molecule has 1 amide bonds. The van der Waals surface area contributed by atoms with Crippen molar-refractivity contribution >= 4 is 5.91 Å². The summed E-state index contributed by atoms with van der Waals surface area (Å²) < 4.78 is 11.0. The van der Waals surface area contributed by atoms with Crippen LogP contribution in [0, 0.1) is 13.8 Å². The molecule has 0 fully saturated rings. The Balaban J connectivity index is 1.59. The number of hydrogen-bond donors (Lipinski definition) is 0. The van der Waals surface area contributed by atoms with Gasteiger partial charge in [-0.3, -0.25) is 4.79 Å². The van der Waals surface area contributed by atoms with Crippen LogP contribution in [0.5, 0.6) is 0 Å². The number of carbonyl (C=O) groups excluding carboxylic acids is 1. The van der Waals surface area contributed by atoms with Crippen LogP contribution in [-0.4, -0.2) is 35.7 Å². The molecule has 122 valence electrons. The molecule has 0 radical (unpaired) electrons. The Bertz CT molecular complexity index is 689. The average molecular weight is 314 g/mol. The molecule has 0 saturated heterocycles. The first-order chi connectivity index (χ1) is 11.0. The predicted molar refractivity (Wildman–Crippen MR) is 86.0 cm³/mol. The number of rotatable bonds is 4.